The van der Waals surface area contributed by atoms with E-state index in [0.717, 1.165) is 17.8 Å². The van der Waals surface area contributed by atoms with Crippen LogP contribution in [0.25, 0.3) is 5.69 Å². The van der Waals surface area contributed by atoms with Crippen molar-refractivity contribution in [3.05, 3.63) is 64.1 Å². The minimum absolute atomic E-state index is 0.185. The molecule has 0 radical (unpaired) electrons. The molecule has 9 heteroatoms. The van der Waals surface area contributed by atoms with Crippen LogP contribution in [0.15, 0.2) is 47.3 Å². The lowest BCUT2D eigenvalue weighted by Gasteiger charge is -2.07. The molecule has 0 saturated carbocycles. The van der Waals surface area contributed by atoms with Crippen LogP contribution < -0.4 is 5.32 Å². The third-order valence-corrected chi connectivity index (χ3v) is 4.37. The van der Waals surface area contributed by atoms with E-state index in [1.807, 2.05) is 16.8 Å². The van der Waals surface area contributed by atoms with Crippen LogP contribution in [0.5, 0.6) is 0 Å². The van der Waals surface area contributed by atoms with E-state index >= 15 is 0 Å². The highest BCUT2D eigenvalue weighted by atomic mass is 32.1. The monoisotopic (exact) mass is 380 g/mol. The number of aromatic nitrogens is 3. The summed E-state index contributed by atoms with van der Waals surface area (Å²) in [6.07, 6.45) is -2.07. The molecule has 0 spiro atoms. The molecule has 5 nitrogen and oxygen atoms in total. The van der Waals surface area contributed by atoms with Crippen molar-refractivity contribution in [2.45, 2.75) is 25.6 Å². The standard InChI is InChI=1S/C17H15F3N4OS/c18-17(19,20)13-4-1-12(2-5-13)3-6-16(25)21-9-14-10-24(23-22-14)15-7-8-26-11-15/h1-2,4-5,7-8,10-11H,3,6,9H2,(H,21,25). The molecule has 26 heavy (non-hydrogen) atoms. The summed E-state index contributed by atoms with van der Waals surface area (Å²) in [6, 6.07) is 6.74. The molecule has 0 fully saturated rings. The average molecular weight is 380 g/mol. The number of aryl methyl sites for hydroxylation is 1. The third kappa shape index (κ3) is 4.69. The van der Waals surface area contributed by atoms with Gasteiger partial charge in [-0.3, -0.25) is 4.79 Å². The van der Waals surface area contributed by atoms with Gasteiger partial charge in [-0.1, -0.05) is 17.3 Å². The second-order valence-electron chi connectivity index (χ2n) is 5.61. The van der Waals surface area contributed by atoms with Crippen LogP contribution in [0.4, 0.5) is 13.2 Å². The van der Waals surface area contributed by atoms with Crippen molar-refractivity contribution in [3.8, 4) is 5.69 Å². The van der Waals surface area contributed by atoms with Gasteiger partial charge in [0.05, 0.1) is 24.0 Å². The number of halogens is 3. The molecule has 2 heterocycles. The van der Waals surface area contributed by atoms with Crippen molar-refractivity contribution >= 4 is 17.2 Å². The molecule has 0 saturated heterocycles. The summed E-state index contributed by atoms with van der Waals surface area (Å²) in [6.45, 7) is 0.246. The quantitative estimate of drug-likeness (QED) is 0.711. The Labute approximate surface area is 151 Å². The number of benzene rings is 1. The number of rotatable bonds is 6. The third-order valence-electron chi connectivity index (χ3n) is 3.70. The van der Waals surface area contributed by atoms with Gasteiger partial charge in [-0.2, -0.15) is 24.5 Å². The van der Waals surface area contributed by atoms with E-state index in [-0.39, 0.29) is 18.9 Å². The minimum Gasteiger partial charge on any atom is -0.350 e. The average Bonchev–Trinajstić information content (AvgIpc) is 3.29. The minimum atomic E-state index is -4.35. The smallest absolute Gasteiger partial charge is 0.350 e. The van der Waals surface area contributed by atoms with Crippen LogP contribution in [0.1, 0.15) is 23.2 Å². The first-order chi connectivity index (χ1) is 12.4. The molecule has 136 valence electrons. The van der Waals surface area contributed by atoms with Gasteiger partial charge < -0.3 is 5.32 Å². The molecule has 0 aliphatic rings. The highest BCUT2D eigenvalue weighted by Gasteiger charge is 2.29. The van der Waals surface area contributed by atoms with E-state index in [9.17, 15) is 18.0 Å². The van der Waals surface area contributed by atoms with Gasteiger partial charge in [-0.25, -0.2) is 4.68 Å². The number of amides is 1. The van der Waals surface area contributed by atoms with Crippen LogP contribution >= 0.6 is 11.3 Å². The molecule has 0 atom stereocenters. The van der Waals surface area contributed by atoms with Crippen LogP contribution in [0, 0.1) is 0 Å². The van der Waals surface area contributed by atoms with Crippen LogP contribution in [-0.2, 0) is 23.9 Å². The van der Waals surface area contributed by atoms with E-state index in [1.54, 1.807) is 22.2 Å². The molecule has 0 bridgehead atoms. The van der Waals surface area contributed by atoms with Gasteiger partial charge in [-0.15, -0.1) is 5.10 Å². The van der Waals surface area contributed by atoms with Gasteiger partial charge in [0.1, 0.15) is 5.69 Å². The zero-order chi connectivity index (χ0) is 18.6. The summed E-state index contributed by atoms with van der Waals surface area (Å²) in [5.41, 5.74) is 1.51. The predicted molar refractivity (Wildman–Crippen MR) is 90.8 cm³/mol. The van der Waals surface area contributed by atoms with E-state index in [1.165, 1.54) is 12.1 Å². The van der Waals surface area contributed by atoms with Gasteiger partial charge in [-0.05, 0) is 35.6 Å². The molecule has 3 aromatic rings. The maximum Gasteiger partial charge on any atom is 0.416 e. The Morgan fingerprint density at radius 2 is 1.96 bits per heavy atom. The number of carbonyl (C=O) groups excluding carboxylic acids is 1. The van der Waals surface area contributed by atoms with E-state index in [0.29, 0.717) is 17.7 Å². The normalized spacial score (nSPS) is 11.5. The lowest BCUT2D eigenvalue weighted by atomic mass is 10.1. The molecule has 1 amide bonds. The Bertz CT molecular complexity index is 857. The summed E-state index contributed by atoms with van der Waals surface area (Å²) in [5, 5.41) is 14.6. The first kappa shape index (κ1) is 18.1. The Hall–Kier alpha value is -2.68. The zero-order valence-electron chi connectivity index (χ0n) is 13.5. The molecule has 0 aliphatic carbocycles. The summed E-state index contributed by atoms with van der Waals surface area (Å²) >= 11 is 1.55. The number of nitrogens with zero attached hydrogens (tertiary/aromatic N) is 3. The van der Waals surface area contributed by atoms with Gasteiger partial charge in [0.2, 0.25) is 5.91 Å². The number of hydrogen-bond donors (Lipinski definition) is 1. The van der Waals surface area contributed by atoms with E-state index < -0.39 is 11.7 Å². The summed E-state index contributed by atoms with van der Waals surface area (Å²) in [7, 11) is 0. The van der Waals surface area contributed by atoms with Gasteiger partial charge in [0.15, 0.2) is 0 Å². The Balaban J connectivity index is 1.46. The molecule has 1 N–H and O–H groups in total. The number of nitrogens with one attached hydrogen (secondary N) is 1. The lowest BCUT2D eigenvalue weighted by Crippen LogP contribution is -2.23. The highest BCUT2D eigenvalue weighted by Crippen LogP contribution is 2.29. The topological polar surface area (TPSA) is 59.8 Å². The molecular weight excluding hydrogens is 365 g/mol. The summed E-state index contributed by atoms with van der Waals surface area (Å²) in [4.78, 5) is 11.9. The van der Waals surface area contributed by atoms with Crippen molar-refractivity contribution in [2.75, 3.05) is 0 Å². The fourth-order valence-corrected chi connectivity index (χ4v) is 2.91. The van der Waals surface area contributed by atoms with Gasteiger partial charge in [0.25, 0.3) is 0 Å². The van der Waals surface area contributed by atoms with Crippen molar-refractivity contribution in [3.63, 3.8) is 0 Å². The highest BCUT2D eigenvalue weighted by molar-refractivity contribution is 7.08. The molecule has 2 aromatic heterocycles. The molecule has 1 aromatic carbocycles. The first-order valence-electron chi connectivity index (χ1n) is 7.78. The Morgan fingerprint density at radius 1 is 1.19 bits per heavy atom. The molecule has 0 unspecified atom stereocenters. The predicted octanol–water partition coefficient (Wildman–Crippen LogP) is 3.60. The fourth-order valence-electron chi connectivity index (χ4n) is 2.29. The maximum atomic E-state index is 12.5. The van der Waals surface area contributed by atoms with E-state index in [2.05, 4.69) is 15.6 Å². The fraction of sp³-hybridized carbons (Fsp3) is 0.235. The van der Waals surface area contributed by atoms with Gasteiger partial charge >= 0.3 is 6.18 Å². The van der Waals surface area contributed by atoms with Crippen molar-refractivity contribution in [1.82, 2.24) is 20.3 Å². The number of thiophene rings is 1. The number of hydrogen-bond acceptors (Lipinski definition) is 4. The second-order valence-corrected chi connectivity index (χ2v) is 6.39. The lowest BCUT2D eigenvalue weighted by molar-refractivity contribution is -0.137. The Kier molecular flexibility index (Phi) is 5.36. The van der Waals surface area contributed by atoms with Crippen molar-refractivity contribution in [1.29, 1.82) is 0 Å². The molecule has 0 aliphatic heterocycles. The summed E-state index contributed by atoms with van der Waals surface area (Å²) < 4.78 is 39.2. The van der Waals surface area contributed by atoms with E-state index in [4.69, 9.17) is 0 Å². The molecular formula is C17H15F3N4OS. The summed E-state index contributed by atoms with van der Waals surface area (Å²) in [5.74, 6) is -0.199. The van der Waals surface area contributed by atoms with Crippen molar-refractivity contribution < 1.29 is 18.0 Å². The number of carbonyl (C=O) groups is 1. The number of alkyl halides is 3. The van der Waals surface area contributed by atoms with Crippen LogP contribution in [-0.4, -0.2) is 20.9 Å². The first-order valence-corrected chi connectivity index (χ1v) is 8.73. The largest absolute Gasteiger partial charge is 0.416 e. The van der Waals surface area contributed by atoms with Crippen LogP contribution in [0.2, 0.25) is 0 Å². The van der Waals surface area contributed by atoms with Crippen LogP contribution in [0.3, 0.4) is 0 Å². The molecule has 3 rings (SSSR count). The Morgan fingerprint density at radius 3 is 2.62 bits per heavy atom. The zero-order valence-corrected chi connectivity index (χ0v) is 14.3. The van der Waals surface area contributed by atoms with Crippen molar-refractivity contribution in [2.24, 2.45) is 0 Å². The SMILES string of the molecule is O=C(CCc1ccc(C(F)(F)F)cc1)NCc1cn(-c2ccsc2)nn1. The maximum absolute atomic E-state index is 12.5. The second kappa shape index (κ2) is 7.69. The van der Waals surface area contributed by atoms with Gasteiger partial charge in [0, 0.05) is 11.8 Å².